The molecule has 2 rings (SSSR count). The van der Waals surface area contributed by atoms with Crippen molar-refractivity contribution in [1.82, 2.24) is 9.78 Å². The lowest BCUT2D eigenvalue weighted by Crippen LogP contribution is -2.14. The summed E-state index contributed by atoms with van der Waals surface area (Å²) in [6.07, 6.45) is 4.36. The van der Waals surface area contributed by atoms with Crippen LogP contribution in [-0.4, -0.2) is 21.0 Å². The largest absolute Gasteiger partial charge is 0.469 e. The zero-order valence-electron chi connectivity index (χ0n) is 11.0. The van der Waals surface area contributed by atoms with Crippen molar-refractivity contribution in [1.29, 1.82) is 0 Å². The van der Waals surface area contributed by atoms with Crippen molar-refractivity contribution in [2.24, 2.45) is 7.05 Å². The number of aliphatic hydroxyl groups is 1. The number of hydrogen-bond donors (Lipinski definition) is 1. The fourth-order valence-electron chi connectivity index (χ4n) is 2.04. The molecule has 0 aliphatic carbocycles. The summed E-state index contributed by atoms with van der Waals surface area (Å²) in [5.41, 5.74) is 2.16. The maximum atomic E-state index is 10.0. The van der Waals surface area contributed by atoms with Crippen molar-refractivity contribution in [2.75, 3.05) is 0 Å². The van der Waals surface area contributed by atoms with Crippen LogP contribution in [0.15, 0.2) is 28.9 Å². The van der Waals surface area contributed by atoms with Gasteiger partial charge in [0.05, 0.1) is 18.1 Å². The molecular weight excluding hydrogens is 228 g/mol. The van der Waals surface area contributed by atoms with Gasteiger partial charge in [-0.15, -0.1) is 0 Å². The van der Waals surface area contributed by atoms with E-state index in [1.165, 1.54) is 0 Å². The van der Waals surface area contributed by atoms with Gasteiger partial charge in [0.15, 0.2) is 0 Å². The summed E-state index contributed by atoms with van der Waals surface area (Å²) < 4.78 is 7.11. The summed E-state index contributed by atoms with van der Waals surface area (Å²) in [5, 5.41) is 14.4. The van der Waals surface area contributed by atoms with Gasteiger partial charge >= 0.3 is 0 Å². The quantitative estimate of drug-likeness (QED) is 0.851. The van der Waals surface area contributed by atoms with Crippen molar-refractivity contribution in [2.45, 2.75) is 38.7 Å². The van der Waals surface area contributed by atoms with Crippen LogP contribution in [-0.2, 0) is 26.3 Å². The predicted octanol–water partition coefficient (Wildman–Crippen LogP) is 2.11. The van der Waals surface area contributed by atoms with Crippen LogP contribution < -0.4 is 0 Å². The molecule has 4 heteroatoms. The van der Waals surface area contributed by atoms with Crippen molar-refractivity contribution in [3.05, 3.63) is 41.6 Å². The number of aryl methyl sites for hydroxylation is 3. The first-order valence-electron chi connectivity index (χ1n) is 6.41. The number of aliphatic hydroxyl groups excluding tert-OH is 1. The van der Waals surface area contributed by atoms with Crippen LogP contribution in [0.2, 0.25) is 0 Å². The molecule has 0 aliphatic heterocycles. The highest BCUT2D eigenvalue weighted by Crippen LogP contribution is 2.11. The van der Waals surface area contributed by atoms with Gasteiger partial charge < -0.3 is 9.52 Å². The van der Waals surface area contributed by atoms with E-state index in [0.717, 1.165) is 30.0 Å². The Morgan fingerprint density at radius 1 is 1.50 bits per heavy atom. The molecule has 0 saturated heterocycles. The van der Waals surface area contributed by atoms with Gasteiger partial charge in [-0.2, -0.15) is 5.10 Å². The van der Waals surface area contributed by atoms with E-state index in [9.17, 15) is 5.11 Å². The summed E-state index contributed by atoms with van der Waals surface area (Å²) in [7, 11) is 1.92. The van der Waals surface area contributed by atoms with Gasteiger partial charge in [-0.1, -0.05) is 6.92 Å². The van der Waals surface area contributed by atoms with E-state index in [4.69, 9.17) is 4.42 Å². The molecule has 0 spiro atoms. The lowest BCUT2D eigenvalue weighted by atomic mass is 10.1. The zero-order chi connectivity index (χ0) is 13.0. The third-order valence-electron chi connectivity index (χ3n) is 3.14. The van der Waals surface area contributed by atoms with Gasteiger partial charge in [-0.05, 0) is 31.0 Å². The van der Waals surface area contributed by atoms with Crippen LogP contribution in [0.25, 0.3) is 0 Å². The molecular formula is C14H20N2O2. The molecule has 0 aliphatic rings. The number of nitrogens with zero attached hydrogens (tertiary/aromatic N) is 2. The topological polar surface area (TPSA) is 51.2 Å². The average molecular weight is 248 g/mol. The third kappa shape index (κ3) is 3.23. The predicted molar refractivity (Wildman–Crippen MR) is 69.3 cm³/mol. The highest BCUT2D eigenvalue weighted by atomic mass is 16.3. The Morgan fingerprint density at radius 2 is 2.33 bits per heavy atom. The Balaban J connectivity index is 1.86. The third-order valence-corrected chi connectivity index (χ3v) is 3.14. The summed E-state index contributed by atoms with van der Waals surface area (Å²) in [6.45, 7) is 2.08. The first kappa shape index (κ1) is 12.9. The molecule has 0 radical (unpaired) electrons. The van der Waals surface area contributed by atoms with Crippen LogP contribution in [0.5, 0.6) is 0 Å². The maximum Gasteiger partial charge on any atom is 0.103 e. The highest BCUT2D eigenvalue weighted by molar-refractivity contribution is 5.11. The fraction of sp³-hybridized carbons (Fsp3) is 0.500. The fourth-order valence-corrected chi connectivity index (χ4v) is 2.04. The van der Waals surface area contributed by atoms with Crippen LogP contribution in [0.4, 0.5) is 0 Å². The summed E-state index contributed by atoms with van der Waals surface area (Å²) in [4.78, 5) is 0. The van der Waals surface area contributed by atoms with Crippen molar-refractivity contribution in [3.63, 3.8) is 0 Å². The first-order chi connectivity index (χ1) is 8.69. The number of furan rings is 1. The van der Waals surface area contributed by atoms with Gasteiger partial charge in [0.2, 0.25) is 0 Å². The van der Waals surface area contributed by atoms with E-state index in [1.54, 1.807) is 6.26 Å². The minimum absolute atomic E-state index is 0.352. The van der Waals surface area contributed by atoms with Gasteiger partial charge in [0, 0.05) is 25.6 Å². The van der Waals surface area contributed by atoms with Gasteiger partial charge in [-0.25, -0.2) is 0 Å². The van der Waals surface area contributed by atoms with E-state index < -0.39 is 0 Å². The van der Waals surface area contributed by atoms with E-state index in [2.05, 4.69) is 18.1 Å². The Morgan fingerprint density at radius 3 is 2.94 bits per heavy atom. The lowest BCUT2D eigenvalue weighted by Gasteiger charge is -2.09. The van der Waals surface area contributed by atoms with Crippen molar-refractivity contribution < 1.29 is 9.52 Å². The molecule has 4 nitrogen and oxygen atoms in total. The van der Waals surface area contributed by atoms with Crippen LogP contribution in [0.1, 0.15) is 30.5 Å². The molecule has 0 aromatic carbocycles. The van der Waals surface area contributed by atoms with Crippen molar-refractivity contribution >= 4 is 0 Å². The molecule has 18 heavy (non-hydrogen) atoms. The van der Waals surface area contributed by atoms with Crippen LogP contribution in [0.3, 0.4) is 0 Å². The molecule has 98 valence electrons. The Kier molecular flexibility index (Phi) is 4.20. The molecule has 0 bridgehead atoms. The minimum Gasteiger partial charge on any atom is -0.469 e. The van der Waals surface area contributed by atoms with E-state index >= 15 is 0 Å². The van der Waals surface area contributed by atoms with E-state index in [-0.39, 0.29) is 6.10 Å². The number of hydrogen-bond acceptors (Lipinski definition) is 3. The SMILES string of the molecule is CCc1cc(CC(O)CCc2ccco2)n(C)n1. The lowest BCUT2D eigenvalue weighted by molar-refractivity contribution is 0.160. The highest BCUT2D eigenvalue weighted by Gasteiger charge is 2.11. The summed E-state index contributed by atoms with van der Waals surface area (Å²) >= 11 is 0. The first-order valence-corrected chi connectivity index (χ1v) is 6.41. The molecule has 2 aromatic rings. The Labute approximate surface area is 107 Å². The Hall–Kier alpha value is -1.55. The second-order valence-corrected chi connectivity index (χ2v) is 4.58. The summed E-state index contributed by atoms with van der Waals surface area (Å²) in [6, 6.07) is 5.87. The standard InChI is InChI=1S/C14H20N2O2/c1-3-11-9-12(16(2)15-11)10-13(17)6-7-14-5-4-8-18-14/h4-5,8-9,13,17H,3,6-7,10H2,1-2H3. The monoisotopic (exact) mass is 248 g/mol. The second kappa shape index (κ2) is 5.87. The number of aromatic nitrogens is 2. The second-order valence-electron chi connectivity index (χ2n) is 4.58. The Bertz CT molecular complexity index is 474. The minimum atomic E-state index is -0.352. The van der Waals surface area contributed by atoms with Crippen molar-refractivity contribution in [3.8, 4) is 0 Å². The maximum absolute atomic E-state index is 10.0. The normalized spacial score (nSPS) is 12.8. The summed E-state index contributed by atoms with van der Waals surface area (Å²) in [5.74, 6) is 0.924. The zero-order valence-corrected chi connectivity index (χ0v) is 11.0. The molecule has 2 aromatic heterocycles. The molecule has 0 saturated carbocycles. The molecule has 2 heterocycles. The molecule has 1 atom stereocenters. The molecule has 0 fully saturated rings. The molecule has 0 amide bonds. The van der Waals surface area contributed by atoms with E-state index in [1.807, 2.05) is 23.9 Å². The van der Waals surface area contributed by atoms with Crippen LogP contribution >= 0.6 is 0 Å². The number of rotatable bonds is 6. The smallest absolute Gasteiger partial charge is 0.103 e. The molecule has 1 N–H and O–H groups in total. The van der Waals surface area contributed by atoms with Gasteiger partial charge in [0.25, 0.3) is 0 Å². The van der Waals surface area contributed by atoms with Gasteiger partial charge in [-0.3, -0.25) is 4.68 Å². The van der Waals surface area contributed by atoms with Gasteiger partial charge in [0.1, 0.15) is 5.76 Å². The van der Waals surface area contributed by atoms with E-state index in [0.29, 0.717) is 12.8 Å². The molecule has 1 unspecified atom stereocenters. The van der Waals surface area contributed by atoms with Crippen LogP contribution in [0, 0.1) is 0 Å². The average Bonchev–Trinajstić information content (AvgIpc) is 2.97.